The fourth-order valence-electron chi connectivity index (χ4n) is 2.56. The second-order valence-corrected chi connectivity index (χ2v) is 5.64. The zero-order valence-electron chi connectivity index (χ0n) is 13.9. The summed E-state index contributed by atoms with van der Waals surface area (Å²) in [7, 11) is 1.83. The highest BCUT2D eigenvalue weighted by Crippen LogP contribution is 2.25. The monoisotopic (exact) mass is 416 g/mol. The number of hydrogen-bond donors (Lipinski definition) is 2. The summed E-state index contributed by atoms with van der Waals surface area (Å²) < 4.78 is 0. The van der Waals surface area contributed by atoms with Gasteiger partial charge in [0.15, 0.2) is 5.96 Å². The molecule has 124 valence electrons. The number of rotatable bonds is 7. The molecule has 0 radical (unpaired) electrons. The Morgan fingerprint density at radius 2 is 2.00 bits per heavy atom. The first-order valence-corrected chi connectivity index (χ1v) is 7.97. The smallest absolute Gasteiger partial charge is 0.191 e. The highest BCUT2D eigenvalue weighted by molar-refractivity contribution is 14.0. The van der Waals surface area contributed by atoms with Crippen molar-refractivity contribution in [1.29, 1.82) is 0 Å². The molecule has 4 nitrogen and oxygen atoms in total. The van der Waals surface area contributed by atoms with E-state index in [0.29, 0.717) is 0 Å². The van der Waals surface area contributed by atoms with Crippen molar-refractivity contribution in [2.75, 3.05) is 26.7 Å². The van der Waals surface area contributed by atoms with Crippen LogP contribution in [0.4, 0.5) is 0 Å². The SMILES string of the molecule is CCN(CCNC(=NC)NCc1ccccc1C)C1CC1.I. The largest absolute Gasteiger partial charge is 0.355 e. The lowest BCUT2D eigenvalue weighted by atomic mass is 10.1. The van der Waals surface area contributed by atoms with Gasteiger partial charge in [0.05, 0.1) is 0 Å². The molecule has 0 bridgehead atoms. The van der Waals surface area contributed by atoms with E-state index in [9.17, 15) is 0 Å². The fraction of sp³-hybridized carbons (Fsp3) is 0.588. The molecule has 1 aromatic rings. The van der Waals surface area contributed by atoms with E-state index in [1.165, 1.54) is 24.0 Å². The number of nitrogens with zero attached hydrogens (tertiary/aromatic N) is 2. The van der Waals surface area contributed by atoms with Crippen LogP contribution >= 0.6 is 24.0 Å². The molecule has 5 heteroatoms. The molecule has 0 aliphatic heterocycles. The molecule has 2 rings (SSSR count). The molecular formula is C17H29IN4. The van der Waals surface area contributed by atoms with Crippen LogP contribution in [0.15, 0.2) is 29.3 Å². The third kappa shape index (κ3) is 6.12. The maximum Gasteiger partial charge on any atom is 0.191 e. The number of hydrogen-bond acceptors (Lipinski definition) is 2. The van der Waals surface area contributed by atoms with E-state index >= 15 is 0 Å². The van der Waals surface area contributed by atoms with E-state index < -0.39 is 0 Å². The van der Waals surface area contributed by atoms with Crippen LogP contribution in [0.1, 0.15) is 30.9 Å². The Balaban J connectivity index is 0.00000242. The van der Waals surface area contributed by atoms with Gasteiger partial charge in [-0.2, -0.15) is 0 Å². The number of nitrogens with one attached hydrogen (secondary N) is 2. The number of aryl methyl sites for hydroxylation is 1. The van der Waals surface area contributed by atoms with Gasteiger partial charge in [-0.25, -0.2) is 0 Å². The van der Waals surface area contributed by atoms with Crippen LogP contribution in [-0.4, -0.2) is 43.6 Å². The van der Waals surface area contributed by atoms with Gasteiger partial charge < -0.3 is 10.6 Å². The predicted octanol–water partition coefficient (Wildman–Crippen LogP) is 2.76. The number of halogens is 1. The molecule has 1 aliphatic carbocycles. The zero-order chi connectivity index (χ0) is 15.1. The number of likely N-dealkylation sites (N-methyl/N-ethyl adjacent to an activating group) is 1. The summed E-state index contributed by atoms with van der Waals surface area (Å²) in [5.41, 5.74) is 2.62. The molecule has 0 aromatic heterocycles. The first kappa shape index (κ1) is 19.2. The average molecular weight is 416 g/mol. The van der Waals surface area contributed by atoms with E-state index in [2.05, 4.69) is 58.6 Å². The van der Waals surface area contributed by atoms with Gasteiger partial charge in [0.25, 0.3) is 0 Å². The lowest BCUT2D eigenvalue weighted by molar-refractivity contribution is 0.282. The van der Waals surface area contributed by atoms with Gasteiger partial charge >= 0.3 is 0 Å². The van der Waals surface area contributed by atoms with Gasteiger partial charge in [0, 0.05) is 32.7 Å². The van der Waals surface area contributed by atoms with Crippen molar-refractivity contribution in [3.05, 3.63) is 35.4 Å². The van der Waals surface area contributed by atoms with Gasteiger partial charge in [0.1, 0.15) is 0 Å². The topological polar surface area (TPSA) is 39.7 Å². The van der Waals surface area contributed by atoms with Gasteiger partial charge in [-0.3, -0.25) is 9.89 Å². The molecule has 1 aromatic carbocycles. The Labute approximate surface area is 151 Å². The van der Waals surface area contributed by atoms with Crippen LogP contribution in [0.25, 0.3) is 0 Å². The second kappa shape index (κ2) is 10.0. The number of aliphatic imine (C=N–C) groups is 1. The Morgan fingerprint density at radius 1 is 1.27 bits per heavy atom. The maximum atomic E-state index is 4.29. The molecule has 22 heavy (non-hydrogen) atoms. The summed E-state index contributed by atoms with van der Waals surface area (Å²) in [6.07, 6.45) is 2.74. The van der Waals surface area contributed by atoms with Crippen LogP contribution in [0.5, 0.6) is 0 Å². The van der Waals surface area contributed by atoms with Crippen molar-refractivity contribution < 1.29 is 0 Å². The van der Waals surface area contributed by atoms with E-state index in [-0.39, 0.29) is 24.0 Å². The summed E-state index contributed by atoms with van der Waals surface area (Å²) in [5.74, 6) is 0.880. The molecule has 1 fully saturated rings. The molecule has 2 N–H and O–H groups in total. The highest BCUT2D eigenvalue weighted by Gasteiger charge is 2.27. The van der Waals surface area contributed by atoms with Crippen molar-refractivity contribution in [3.63, 3.8) is 0 Å². The van der Waals surface area contributed by atoms with Gasteiger partial charge in [-0.1, -0.05) is 31.2 Å². The number of guanidine groups is 1. The quantitative estimate of drug-likeness (QED) is 0.408. The minimum atomic E-state index is 0. The second-order valence-electron chi connectivity index (χ2n) is 5.64. The van der Waals surface area contributed by atoms with Crippen molar-refractivity contribution in [2.45, 2.75) is 39.3 Å². The van der Waals surface area contributed by atoms with Crippen LogP contribution in [0, 0.1) is 6.92 Å². The fourth-order valence-corrected chi connectivity index (χ4v) is 2.56. The van der Waals surface area contributed by atoms with Crippen molar-refractivity contribution in [1.82, 2.24) is 15.5 Å². The Kier molecular flexibility index (Phi) is 8.78. The van der Waals surface area contributed by atoms with Gasteiger partial charge in [-0.05, 0) is 37.4 Å². The molecule has 1 saturated carbocycles. The summed E-state index contributed by atoms with van der Waals surface area (Å²) in [4.78, 5) is 6.84. The van der Waals surface area contributed by atoms with Crippen molar-refractivity contribution in [3.8, 4) is 0 Å². The van der Waals surface area contributed by atoms with Gasteiger partial charge in [-0.15, -0.1) is 24.0 Å². The molecule has 0 saturated heterocycles. The molecular weight excluding hydrogens is 387 g/mol. The summed E-state index contributed by atoms with van der Waals surface area (Å²) >= 11 is 0. The third-order valence-corrected chi connectivity index (χ3v) is 4.09. The average Bonchev–Trinajstić information content (AvgIpc) is 3.33. The normalized spacial score (nSPS) is 14.6. The molecule has 1 aliphatic rings. The highest BCUT2D eigenvalue weighted by atomic mass is 127. The van der Waals surface area contributed by atoms with Gasteiger partial charge in [0.2, 0.25) is 0 Å². The minimum Gasteiger partial charge on any atom is -0.355 e. The Bertz CT molecular complexity index is 471. The van der Waals surface area contributed by atoms with Crippen molar-refractivity contribution in [2.24, 2.45) is 4.99 Å². The van der Waals surface area contributed by atoms with Crippen LogP contribution in [0.3, 0.4) is 0 Å². The predicted molar refractivity (Wildman–Crippen MR) is 105 cm³/mol. The first-order chi connectivity index (χ1) is 10.2. The van der Waals surface area contributed by atoms with Crippen molar-refractivity contribution >= 4 is 29.9 Å². The molecule has 0 unspecified atom stereocenters. The minimum absolute atomic E-state index is 0. The molecule has 0 amide bonds. The first-order valence-electron chi connectivity index (χ1n) is 7.97. The molecule has 0 atom stereocenters. The molecule has 0 heterocycles. The van der Waals surface area contributed by atoms with E-state index in [0.717, 1.165) is 38.2 Å². The van der Waals surface area contributed by atoms with Crippen LogP contribution in [0.2, 0.25) is 0 Å². The third-order valence-electron chi connectivity index (χ3n) is 4.09. The summed E-state index contributed by atoms with van der Waals surface area (Å²) in [5, 5.41) is 6.79. The lowest BCUT2D eigenvalue weighted by Gasteiger charge is -2.20. The van der Waals surface area contributed by atoms with E-state index in [1.807, 2.05) is 7.05 Å². The Hall–Kier alpha value is -0.820. The number of benzene rings is 1. The summed E-state index contributed by atoms with van der Waals surface area (Å²) in [6, 6.07) is 9.28. The molecule has 0 spiro atoms. The zero-order valence-corrected chi connectivity index (χ0v) is 16.3. The Morgan fingerprint density at radius 3 is 2.59 bits per heavy atom. The van der Waals surface area contributed by atoms with E-state index in [4.69, 9.17) is 0 Å². The lowest BCUT2D eigenvalue weighted by Crippen LogP contribution is -2.41. The van der Waals surface area contributed by atoms with Crippen LogP contribution < -0.4 is 10.6 Å². The maximum absolute atomic E-state index is 4.29. The summed E-state index contributed by atoms with van der Waals surface area (Å²) in [6.45, 7) is 8.36. The van der Waals surface area contributed by atoms with E-state index in [1.54, 1.807) is 0 Å². The van der Waals surface area contributed by atoms with Crippen LogP contribution in [-0.2, 0) is 6.54 Å². The standard InChI is InChI=1S/C17H28N4.HI/c1-4-21(16-9-10-16)12-11-19-17(18-3)20-13-15-8-6-5-7-14(15)2;/h5-8,16H,4,9-13H2,1-3H3,(H2,18,19,20);1H.